The van der Waals surface area contributed by atoms with Gasteiger partial charge in [0.1, 0.15) is 12.4 Å². The molecule has 0 aliphatic rings. The fourth-order valence-electron chi connectivity index (χ4n) is 1.88. The average molecular weight is 422 g/mol. The molecule has 6 nitrogen and oxygen atoms in total. The van der Waals surface area contributed by atoms with Crippen LogP contribution < -0.4 is 10.6 Å². The SMILES string of the molecule is CCCCCNC(=NCc1nnc(C)n1C)NCCCC.I. The summed E-state index contributed by atoms with van der Waals surface area (Å²) in [5.74, 6) is 2.68. The molecule has 1 aromatic heterocycles. The highest BCUT2D eigenvalue weighted by Crippen LogP contribution is 1.99. The third-order valence-electron chi connectivity index (χ3n) is 3.46. The van der Waals surface area contributed by atoms with Crippen molar-refractivity contribution in [2.24, 2.45) is 12.0 Å². The lowest BCUT2D eigenvalue weighted by Crippen LogP contribution is -2.38. The standard InChI is InChI=1S/C15H30N6.HI/c1-5-7-9-11-17-15(16-10-8-6-2)18-12-14-20-19-13(3)21(14)4;/h5-12H2,1-4H3,(H2,16,17,18);1H. The van der Waals surface area contributed by atoms with Crippen molar-refractivity contribution in [3.05, 3.63) is 11.6 Å². The van der Waals surface area contributed by atoms with Crippen molar-refractivity contribution in [2.75, 3.05) is 13.1 Å². The molecule has 1 rings (SSSR count). The van der Waals surface area contributed by atoms with Crippen LogP contribution in [0.25, 0.3) is 0 Å². The Bertz CT molecular complexity index is 430. The Balaban J connectivity index is 0.00000441. The molecule has 0 spiro atoms. The highest BCUT2D eigenvalue weighted by Gasteiger charge is 2.04. The van der Waals surface area contributed by atoms with Crippen LogP contribution >= 0.6 is 24.0 Å². The van der Waals surface area contributed by atoms with Crippen LogP contribution in [0.4, 0.5) is 0 Å². The third-order valence-corrected chi connectivity index (χ3v) is 3.46. The van der Waals surface area contributed by atoms with Crippen LogP contribution in [0.15, 0.2) is 4.99 Å². The van der Waals surface area contributed by atoms with Crippen LogP contribution in [0.5, 0.6) is 0 Å². The monoisotopic (exact) mass is 422 g/mol. The molecular weight excluding hydrogens is 391 g/mol. The number of hydrogen-bond donors (Lipinski definition) is 2. The first-order chi connectivity index (χ1) is 10.2. The second kappa shape index (κ2) is 12.7. The van der Waals surface area contributed by atoms with Crippen molar-refractivity contribution in [2.45, 2.75) is 59.4 Å². The zero-order valence-corrected chi connectivity index (χ0v) is 16.7. The van der Waals surface area contributed by atoms with E-state index in [2.05, 4.69) is 39.7 Å². The molecule has 0 atom stereocenters. The molecule has 1 aromatic rings. The van der Waals surface area contributed by atoms with E-state index >= 15 is 0 Å². The van der Waals surface area contributed by atoms with Gasteiger partial charge in [0, 0.05) is 20.1 Å². The molecule has 0 bridgehead atoms. The molecule has 2 N–H and O–H groups in total. The van der Waals surface area contributed by atoms with Gasteiger partial charge in [-0.05, 0) is 19.8 Å². The van der Waals surface area contributed by atoms with Crippen LogP contribution in [0, 0.1) is 6.92 Å². The topological polar surface area (TPSA) is 67.1 Å². The van der Waals surface area contributed by atoms with E-state index in [1.807, 2.05) is 18.5 Å². The number of halogens is 1. The quantitative estimate of drug-likeness (QED) is 0.278. The summed E-state index contributed by atoms with van der Waals surface area (Å²) in [6.45, 7) is 8.81. The average Bonchev–Trinajstić information content (AvgIpc) is 2.80. The van der Waals surface area contributed by atoms with Crippen LogP contribution in [0.2, 0.25) is 0 Å². The molecule has 7 heteroatoms. The minimum absolute atomic E-state index is 0. The maximum Gasteiger partial charge on any atom is 0.191 e. The van der Waals surface area contributed by atoms with Gasteiger partial charge in [0.05, 0.1) is 0 Å². The number of nitrogens with zero attached hydrogens (tertiary/aromatic N) is 4. The number of unbranched alkanes of at least 4 members (excludes halogenated alkanes) is 3. The molecule has 0 amide bonds. The number of aryl methyl sites for hydroxylation is 1. The molecule has 0 aromatic carbocycles. The van der Waals surface area contributed by atoms with Crippen molar-refractivity contribution in [1.29, 1.82) is 0 Å². The summed E-state index contributed by atoms with van der Waals surface area (Å²) < 4.78 is 1.98. The number of guanidine groups is 1. The van der Waals surface area contributed by atoms with Crippen molar-refractivity contribution < 1.29 is 0 Å². The fourth-order valence-corrected chi connectivity index (χ4v) is 1.88. The maximum absolute atomic E-state index is 4.61. The second-order valence-electron chi connectivity index (χ2n) is 5.30. The van der Waals surface area contributed by atoms with Gasteiger partial charge in [0.15, 0.2) is 11.8 Å². The molecule has 0 aliphatic heterocycles. The highest BCUT2D eigenvalue weighted by atomic mass is 127. The van der Waals surface area contributed by atoms with Gasteiger partial charge in [0.25, 0.3) is 0 Å². The molecule has 0 aliphatic carbocycles. The molecule has 0 unspecified atom stereocenters. The summed E-state index contributed by atoms with van der Waals surface area (Å²) in [6.07, 6.45) is 5.98. The van der Waals surface area contributed by atoms with Gasteiger partial charge in [-0.25, -0.2) is 4.99 Å². The largest absolute Gasteiger partial charge is 0.356 e. The van der Waals surface area contributed by atoms with Gasteiger partial charge in [-0.1, -0.05) is 33.1 Å². The number of rotatable bonds is 9. The van der Waals surface area contributed by atoms with E-state index in [9.17, 15) is 0 Å². The van der Waals surface area contributed by atoms with Gasteiger partial charge >= 0.3 is 0 Å². The summed E-state index contributed by atoms with van der Waals surface area (Å²) >= 11 is 0. The molecular formula is C15H31IN6. The summed E-state index contributed by atoms with van der Waals surface area (Å²) in [6, 6.07) is 0. The Morgan fingerprint density at radius 1 is 1.05 bits per heavy atom. The van der Waals surface area contributed by atoms with Gasteiger partial charge < -0.3 is 15.2 Å². The van der Waals surface area contributed by atoms with Gasteiger partial charge in [-0.2, -0.15) is 0 Å². The summed E-state index contributed by atoms with van der Waals surface area (Å²) in [7, 11) is 1.97. The minimum Gasteiger partial charge on any atom is -0.356 e. The first-order valence-corrected chi connectivity index (χ1v) is 8.06. The number of aliphatic imine (C=N–C) groups is 1. The van der Waals surface area contributed by atoms with E-state index in [0.717, 1.165) is 37.1 Å². The van der Waals surface area contributed by atoms with E-state index in [-0.39, 0.29) is 24.0 Å². The van der Waals surface area contributed by atoms with Gasteiger partial charge in [0.2, 0.25) is 0 Å². The van der Waals surface area contributed by atoms with Crippen molar-refractivity contribution in [1.82, 2.24) is 25.4 Å². The van der Waals surface area contributed by atoms with Crippen LogP contribution in [0.1, 0.15) is 57.6 Å². The van der Waals surface area contributed by atoms with Gasteiger partial charge in [-0.3, -0.25) is 0 Å². The fraction of sp³-hybridized carbons (Fsp3) is 0.800. The lowest BCUT2D eigenvalue weighted by molar-refractivity contribution is 0.670. The van der Waals surface area contributed by atoms with Crippen LogP contribution in [-0.4, -0.2) is 33.8 Å². The molecule has 0 fully saturated rings. The Labute approximate surface area is 151 Å². The number of hydrogen-bond acceptors (Lipinski definition) is 3. The molecule has 0 saturated heterocycles. The zero-order valence-electron chi connectivity index (χ0n) is 14.4. The summed E-state index contributed by atoms with van der Waals surface area (Å²) in [5.41, 5.74) is 0. The smallest absolute Gasteiger partial charge is 0.191 e. The van der Waals surface area contributed by atoms with Crippen molar-refractivity contribution in [3.8, 4) is 0 Å². The molecule has 0 radical (unpaired) electrons. The van der Waals surface area contributed by atoms with E-state index in [0.29, 0.717) is 6.54 Å². The molecule has 1 heterocycles. The van der Waals surface area contributed by atoms with E-state index in [1.54, 1.807) is 0 Å². The lowest BCUT2D eigenvalue weighted by Gasteiger charge is -2.12. The number of aromatic nitrogens is 3. The summed E-state index contributed by atoms with van der Waals surface area (Å²) in [4.78, 5) is 4.61. The molecule has 128 valence electrons. The Morgan fingerprint density at radius 3 is 2.23 bits per heavy atom. The van der Waals surface area contributed by atoms with E-state index in [4.69, 9.17) is 0 Å². The Kier molecular flexibility index (Phi) is 12.2. The maximum atomic E-state index is 4.61. The van der Waals surface area contributed by atoms with Crippen LogP contribution in [-0.2, 0) is 13.6 Å². The third kappa shape index (κ3) is 7.95. The van der Waals surface area contributed by atoms with Crippen molar-refractivity contribution in [3.63, 3.8) is 0 Å². The second-order valence-corrected chi connectivity index (χ2v) is 5.30. The first kappa shape index (κ1) is 21.1. The summed E-state index contributed by atoms with van der Waals surface area (Å²) in [5, 5.41) is 15.0. The van der Waals surface area contributed by atoms with Gasteiger partial charge in [-0.15, -0.1) is 34.2 Å². The molecule has 0 saturated carbocycles. The first-order valence-electron chi connectivity index (χ1n) is 8.06. The Morgan fingerprint density at radius 2 is 1.68 bits per heavy atom. The molecule has 22 heavy (non-hydrogen) atoms. The Hall–Kier alpha value is -0.860. The zero-order chi connectivity index (χ0) is 15.5. The predicted molar refractivity (Wildman–Crippen MR) is 103 cm³/mol. The highest BCUT2D eigenvalue weighted by molar-refractivity contribution is 14.0. The number of nitrogens with one attached hydrogen (secondary N) is 2. The normalized spacial score (nSPS) is 11.2. The van der Waals surface area contributed by atoms with Crippen molar-refractivity contribution >= 4 is 29.9 Å². The van der Waals surface area contributed by atoms with E-state index in [1.165, 1.54) is 25.7 Å². The van der Waals surface area contributed by atoms with Crippen LogP contribution in [0.3, 0.4) is 0 Å². The van der Waals surface area contributed by atoms with E-state index < -0.39 is 0 Å². The predicted octanol–water partition coefficient (Wildman–Crippen LogP) is 2.77. The lowest BCUT2D eigenvalue weighted by atomic mass is 10.2. The minimum atomic E-state index is 0.